The van der Waals surface area contributed by atoms with Crippen molar-refractivity contribution in [3.8, 4) is 11.3 Å². The fraction of sp³-hybridized carbons (Fsp3) is 0.538. The molecule has 4 rings (SSSR count). The summed E-state index contributed by atoms with van der Waals surface area (Å²) in [6, 6.07) is 14.0. The zero-order valence-corrected chi connectivity index (χ0v) is 19.8. The highest BCUT2D eigenvalue weighted by atomic mass is 16.2. The first-order valence-corrected chi connectivity index (χ1v) is 12.3. The minimum Gasteiger partial charge on any atom is -0.352 e. The lowest BCUT2D eigenvalue weighted by molar-refractivity contribution is -0.145. The molecule has 2 aliphatic rings. The Labute approximate surface area is 196 Å². The Hall–Kier alpha value is -2.96. The maximum atomic E-state index is 13.0. The maximum absolute atomic E-state index is 13.0. The zero-order valence-electron chi connectivity index (χ0n) is 19.8. The van der Waals surface area contributed by atoms with Gasteiger partial charge < -0.3 is 14.7 Å². The molecule has 0 N–H and O–H groups in total. The standard InChI is InChI=1S/C26H35N5O2/c1-3-20(2)18-31(26(33)22-10-7-11-22)19-25(32)30-16-14-29(15-17-30)24-13-12-23(27-28-24)21-8-5-4-6-9-21/h4-6,8-9,12-13,20,22H,3,7,10-11,14-19H2,1-2H3. The van der Waals surface area contributed by atoms with E-state index in [1.165, 1.54) is 0 Å². The van der Waals surface area contributed by atoms with Crippen LogP contribution in [0.3, 0.4) is 0 Å². The van der Waals surface area contributed by atoms with E-state index in [1.807, 2.05) is 52.3 Å². The molecule has 1 aliphatic carbocycles. The Balaban J connectivity index is 1.31. The second-order valence-corrected chi connectivity index (χ2v) is 9.37. The van der Waals surface area contributed by atoms with Gasteiger partial charge in [-0.15, -0.1) is 10.2 Å². The third kappa shape index (κ3) is 5.70. The first-order chi connectivity index (χ1) is 16.0. The van der Waals surface area contributed by atoms with E-state index >= 15 is 0 Å². The van der Waals surface area contributed by atoms with Gasteiger partial charge in [0.1, 0.15) is 0 Å². The number of aromatic nitrogens is 2. The summed E-state index contributed by atoms with van der Waals surface area (Å²) in [4.78, 5) is 31.8. The Morgan fingerprint density at radius 1 is 1.03 bits per heavy atom. The van der Waals surface area contributed by atoms with Gasteiger partial charge in [0.05, 0.1) is 12.2 Å². The first kappa shape index (κ1) is 23.2. The number of hydrogen-bond acceptors (Lipinski definition) is 5. The molecule has 1 aromatic heterocycles. The lowest BCUT2D eigenvalue weighted by Crippen LogP contribution is -2.53. The van der Waals surface area contributed by atoms with Crippen molar-refractivity contribution in [1.82, 2.24) is 20.0 Å². The Bertz CT molecular complexity index is 921. The Morgan fingerprint density at radius 3 is 2.33 bits per heavy atom. The monoisotopic (exact) mass is 449 g/mol. The van der Waals surface area contributed by atoms with Crippen LogP contribution in [0.15, 0.2) is 42.5 Å². The maximum Gasteiger partial charge on any atom is 0.242 e. The van der Waals surface area contributed by atoms with Crippen LogP contribution in [0.1, 0.15) is 39.5 Å². The van der Waals surface area contributed by atoms with E-state index < -0.39 is 0 Å². The molecule has 1 atom stereocenters. The highest BCUT2D eigenvalue weighted by Crippen LogP contribution is 2.29. The van der Waals surface area contributed by atoms with Crippen molar-refractivity contribution >= 4 is 17.6 Å². The average molecular weight is 450 g/mol. The van der Waals surface area contributed by atoms with Crippen molar-refractivity contribution in [2.24, 2.45) is 11.8 Å². The molecule has 1 unspecified atom stereocenters. The van der Waals surface area contributed by atoms with Gasteiger partial charge in [-0.05, 0) is 30.9 Å². The summed E-state index contributed by atoms with van der Waals surface area (Å²) in [6.45, 7) is 7.85. The smallest absolute Gasteiger partial charge is 0.242 e. The van der Waals surface area contributed by atoms with Crippen LogP contribution < -0.4 is 4.90 Å². The van der Waals surface area contributed by atoms with Crippen molar-refractivity contribution < 1.29 is 9.59 Å². The number of rotatable bonds is 8. The summed E-state index contributed by atoms with van der Waals surface area (Å²) in [5.41, 5.74) is 1.90. The van der Waals surface area contributed by atoms with Gasteiger partial charge in [-0.1, -0.05) is 57.0 Å². The van der Waals surface area contributed by atoms with Crippen LogP contribution in [0.2, 0.25) is 0 Å². The van der Waals surface area contributed by atoms with E-state index in [0.29, 0.717) is 38.6 Å². The molecule has 7 heteroatoms. The minimum absolute atomic E-state index is 0.0520. The first-order valence-electron chi connectivity index (χ1n) is 12.3. The van der Waals surface area contributed by atoms with Gasteiger partial charge in [0.2, 0.25) is 11.8 Å². The topological polar surface area (TPSA) is 69.6 Å². The lowest BCUT2D eigenvalue weighted by atomic mass is 9.84. The summed E-state index contributed by atoms with van der Waals surface area (Å²) in [6.07, 6.45) is 4.06. The molecule has 0 radical (unpaired) electrons. The van der Waals surface area contributed by atoms with E-state index in [-0.39, 0.29) is 24.3 Å². The van der Waals surface area contributed by atoms with Gasteiger partial charge in [-0.3, -0.25) is 9.59 Å². The number of anilines is 1. The highest BCUT2D eigenvalue weighted by molar-refractivity contribution is 5.86. The summed E-state index contributed by atoms with van der Waals surface area (Å²) in [5.74, 6) is 1.58. The van der Waals surface area contributed by atoms with E-state index in [4.69, 9.17) is 0 Å². The molecular weight excluding hydrogens is 414 g/mol. The predicted molar refractivity (Wildman–Crippen MR) is 130 cm³/mol. The van der Waals surface area contributed by atoms with Gasteiger partial charge in [-0.2, -0.15) is 0 Å². The molecule has 7 nitrogen and oxygen atoms in total. The van der Waals surface area contributed by atoms with Crippen molar-refractivity contribution in [1.29, 1.82) is 0 Å². The molecule has 2 heterocycles. The molecule has 2 fully saturated rings. The van der Waals surface area contributed by atoms with Crippen molar-refractivity contribution in [2.75, 3.05) is 44.2 Å². The molecule has 2 amide bonds. The third-order valence-corrected chi connectivity index (χ3v) is 7.00. The normalized spacial score (nSPS) is 17.4. The van der Waals surface area contributed by atoms with Gasteiger partial charge in [0.15, 0.2) is 5.82 Å². The van der Waals surface area contributed by atoms with E-state index in [1.54, 1.807) is 0 Å². The van der Waals surface area contributed by atoms with Crippen LogP contribution in [-0.2, 0) is 9.59 Å². The molecule has 176 valence electrons. The van der Waals surface area contributed by atoms with E-state index in [2.05, 4.69) is 28.9 Å². The van der Waals surface area contributed by atoms with Crippen LogP contribution in [0.4, 0.5) is 5.82 Å². The summed E-state index contributed by atoms with van der Waals surface area (Å²) in [5, 5.41) is 8.80. The number of hydrogen-bond donors (Lipinski definition) is 0. The van der Waals surface area contributed by atoms with Crippen LogP contribution >= 0.6 is 0 Å². The molecule has 0 spiro atoms. The van der Waals surface area contributed by atoms with E-state index in [0.717, 1.165) is 42.8 Å². The predicted octanol–water partition coefficient (Wildman–Crippen LogP) is 3.47. The number of carbonyl (C=O) groups is 2. The number of carbonyl (C=O) groups excluding carboxylic acids is 2. The third-order valence-electron chi connectivity index (χ3n) is 7.00. The number of nitrogens with zero attached hydrogens (tertiary/aromatic N) is 5. The molecular formula is C26H35N5O2. The fourth-order valence-electron chi connectivity index (χ4n) is 4.36. The average Bonchev–Trinajstić information content (AvgIpc) is 2.83. The summed E-state index contributed by atoms with van der Waals surface area (Å²) < 4.78 is 0. The minimum atomic E-state index is 0.0520. The molecule has 1 saturated carbocycles. The number of piperazine rings is 1. The number of amides is 2. The highest BCUT2D eigenvalue weighted by Gasteiger charge is 2.32. The zero-order chi connectivity index (χ0) is 23.2. The second-order valence-electron chi connectivity index (χ2n) is 9.37. The van der Waals surface area contributed by atoms with Gasteiger partial charge in [0, 0.05) is 44.2 Å². The van der Waals surface area contributed by atoms with Gasteiger partial charge in [0.25, 0.3) is 0 Å². The Kier molecular flexibility index (Phi) is 7.57. The molecule has 1 saturated heterocycles. The molecule has 1 aliphatic heterocycles. The Morgan fingerprint density at radius 2 is 1.76 bits per heavy atom. The van der Waals surface area contributed by atoms with Crippen molar-refractivity contribution in [3.63, 3.8) is 0 Å². The van der Waals surface area contributed by atoms with Crippen LogP contribution in [0.5, 0.6) is 0 Å². The van der Waals surface area contributed by atoms with Gasteiger partial charge in [-0.25, -0.2) is 0 Å². The largest absolute Gasteiger partial charge is 0.352 e. The number of benzene rings is 1. The van der Waals surface area contributed by atoms with Crippen LogP contribution in [0.25, 0.3) is 11.3 Å². The summed E-state index contributed by atoms with van der Waals surface area (Å²) in [7, 11) is 0. The molecule has 2 aromatic rings. The second kappa shape index (κ2) is 10.8. The quantitative estimate of drug-likeness (QED) is 0.617. The summed E-state index contributed by atoms with van der Waals surface area (Å²) >= 11 is 0. The van der Waals surface area contributed by atoms with Crippen LogP contribution in [0, 0.1) is 11.8 Å². The van der Waals surface area contributed by atoms with Gasteiger partial charge >= 0.3 is 0 Å². The molecule has 0 bridgehead atoms. The lowest BCUT2D eigenvalue weighted by Gasteiger charge is -2.37. The van der Waals surface area contributed by atoms with Crippen molar-refractivity contribution in [2.45, 2.75) is 39.5 Å². The molecule has 1 aromatic carbocycles. The van der Waals surface area contributed by atoms with Crippen LogP contribution in [-0.4, -0.2) is 71.1 Å². The SMILES string of the molecule is CCC(C)CN(CC(=O)N1CCN(c2ccc(-c3ccccc3)nn2)CC1)C(=O)C1CCC1. The molecule has 33 heavy (non-hydrogen) atoms. The fourth-order valence-corrected chi connectivity index (χ4v) is 4.36. The van der Waals surface area contributed by atoms with E-state index in [9.17, 15) is 9.59 Å². The van der Waals surface area contributed by atoms with Crippen molar-refractivity contribution in [3.05, 3.63) is 42.5 Å².